The van der Waals surface area contributed by atoms with E-state index in [4.69, 9.17) is 5.11 Å². The topological polar surface area (TPSA) is 81.7 Å². The van der Waals surface area contributed by atoms with E-state index < -0.39 is 29.6 Å². The van der Waals surface area contributed by atoms with Gasteiger partial charge in [0.1, 0.15) is 17.7 Å². The van der Waals surface area contributed by atoms with E-state index in [0.29, 0.717) is 12.6 Å². The standard InChI is InChI=1S/C15H21F2N3O3/c1-20(2)7-3-6-18-13(15(22)23)9-14(21)19-12-5-4-10(16)8-11(12)17/h4-5,8,13,18H,3,6-7,9H2,1-2H3,(H,19,21)(H,22,23)/t13-/m1/s1. The number of carboxylic acid groups (broad SMARTS) is 1. The highest BCUT2D eigenvalue weighted by Crippen LogP contribution is 2.15. The molecule has 1 atom stereocenters. The summed E-state index contributed by atoms with van der Waals surface area (Å²) < 4.78 is 26.2. The van der Waals surface area contributed by atoms with Crippen molar-refractivity contribution in [3.63, 3.8) is 0 Å². The lowest BCUT2D eigenvalue weighted by Gasteiger charge is -2.15. The van der Waals surface area contributed by atoms with Crippen molar-refractivity contribution < 1.29 is 23.5 Å². The minimum atomic E-state index is -1.16. The van der Waals surface area contributed by atoms with Gasteiger partial charge in [0.05, 0.1) is 12.1 Å². The maximum absolute atomic E-state index is 13.4. The number of halogens is 2. The average molecular weight is 329 g/mol. The number of hydrogen-bond donors (Lipinski definition) is 3. The van der Waals surface area contributed by atoms with E-state index >= 15 is 0 Å². The quantitative estimate of drug-likeness (QED) is 0.595. The van der Waals surface area contributed by atoms with E-state index in [0.717, 1.165) is 25.1 Å². The first-order valence-electron chi connectivity index (χ1n) is 7.15. The lowest BCUT2D eigenvalue weighted by atomic mass is 10.2. The lowest BCUT2D eigenvalue weighted by Crippen LogP contribution is -2.40. The van der Waals surface area contributed by atoms with E-state index in [-0.39, 0.29) is 12.1 Å². The number of hydrogen-bond acceptors (Lipinski definition) is 4. The molecule has 1 rings (SSSR count). The Kier molecular flexibility index (Phi) is 7.56. The molecule has 0 fully saturated rings. The third kappa shape index (κ3) is 7.16. The van der Waals surface area contributed by atoms with Gasteiger partial charge in [-0.2, -0.15) is 0 Å². The zero-order valence-electron chi connectivity index (χ0n) is 13.1. The number of nitrogens with zero attached hydrogens (tertiary/aromatic N) is 1. The minimum Gasteiger partial charge on any atom is -0.480 e. The fourth-order valence-corrected chi connectivity index (χ4v) is 1.90. The van der Waals surface area contributed by atoms with Crippen molar-refractivity contribution in [1.82, 2.24) is 10.2 Å². The van der Waals surface area contributed by atoms with Gasteiger partial charge in [-0.05, 0) is 45.7 Å². The predicted molar refractivity (Wildman–Crippen MR) is 82.2 cm³/mol. The van der Waals surface area contributed by atoms with Crippen LogP contribution in [0.25, 0.3) is 0 Å². The van der Waals surface area contributed by atoms with E-state index in [2.05, 4.69) is 10.6 Å². The monoisotopic (exact) mass is 329 g/mol. The second-order valence-electron chi connectivity index (χ2n) is 5.38. The fourth-order valence-electron chi connectivity index (χ4n) is 1.90. The normalized spacial score (nSPS) is 12.2. The molecule has 1 amide bonds. The van der Waals surface area contributed by atoms with Crippen LogP contribution in [0.1, 0.15) is 12.8 Å². The van der Waals surface area contributed by atoms with Gasteiger partial charge >= 0.3 is 5.97 Å². The molecule has 8 heteroatoms. The van der Waals surface area contributed by atoms with Crippen molar-refractivity contribution in [1.29, 1.82) is 0 Å². The van der Waals surface area contributed by atoms with Gasteiger partial charge in [0.25, 0.3) is 0 Å². The summed E-state index contributed by atoms with van der Waals surface area (Å²) in [5, 5.41) is 14.1. The molecule has 23 heavy (non-hydrogen) atoms. The maximum Gasteiger partial charge on any atom is 0.321 e. The third-order valence-corrected chi connectivity index (χ3v) is 3.07. The zero-order valence-corrected chi connectivity index (χ0v) is 13.1. The Hall–Kier alpha value is -2.06. The first-order valence-corrected chi connectivity index (χ1v) is 7.15. The smallest absolute Gasteiger partial charge is 0.321 e. The Morgan fingerprint density at radius 2 is 2.00 bits per heavy atom. The number of aliphatic carboxylic acids is 1. The lowest BCUT2D eigenvalue weighted by molar-refractivity contribution is -0.141. The molecule has 0 saturated carbocycles. The van der Waals surface area contributed by atoms with E-state index in [1.807, 2.05) is 19.0 Å². The number of anilines is 1. The van der Waals surface area contributed by atoms with E-state index in [9.17, 15) is 18.4 Å². The zero-order chi connectivity index (χ0) is 17.4. The predicted octanol–water partition coefficient (Wildman–Crippen LogP) is 1.29. The Morgan fingerprint density at radius 3 is 2.57 bits per heavy atom. The highest BCUT2D eigenvalue weighted by Gasteiger charge is 2.21. The molecule has 0 aliphatic carbocycles. The largest absolute Gasteiger partial charge is 0.480 e. The molecule has 0 aromatic heterocycles. The van der Waals surface area contributed by atoms with Crippen molar-refractivity contribution in [3.8, 4) is 0 Å². The molecule has 0 radical (unpaired) electrons. The second-order valence-corrected chi connectivity index (χ2v) is 5.38. The molecular weight excluding hydrogens is 308 g/mol. The molecule has 0 aliphatic rings. The summed E-state index contributed by atoms with van der Waals surface area (Å²) in [6.07, 6.45) is 0.374. The summed E-state index contributed by atoms with van der Waals surface area (Å²) in [6.45, 7) is 1.22. The Bertz CT molecular complexity index is 553. The summed E-state index contributed by atoms with van der Waals surface area (Å²) in [5.41, 5.74) is -0.187. The van der Waals surface area contributed by atoms with E-state index in [1.165, 1.54) is 0 Å². The van der Waals surface area contributed by atoms with Crippen LogP contribution in [0.3, 0.4) is 0 Å². The van der Waals surface area contributed by atoms with Crippen LogP contribution in [0.4, 0.5) is 14.5 Å². The minimum absolute atomic E-state index is 0.187. The molecule has 128 valence electrons. The third-order valence-electron chi connectivity index (χ3n) is 3.07. The first kappa shape index (κ1) is 19.0. The van der Waals surface area contributed by atoms with Gasteiger partial charge in [0.15, 0.2) is 0 Å². The number of carboxylic acids is 1. The number of carbonyl (C=O) groups excluding carboxylic acids is 1. The van der Waals surface area contributed by atoms with Gasteiger partial charge in [-0.15, -0.1) is 0 Å². The first-order chi connectivity index (χ1) is 10.8. The summed E-state index contributed by atoms with van der Waals surface area (Å²) in [6, 6.07) is 1.67. The second kappa shape index (κ2) is 9.16. The van der Waals surface area contributed by atoms with Crippen LogP contribution in [0.5, 0.6) is 0 Å². The van der Waals surface area contributed by atoms with Crippen molar-refractivity contribution in [3.05, 3.63) is 29.8 Å². The number of nitrogens with one attached hydrogen (secondary N) is 2. The number of amides is 1. The van der Waals surface area contributed by atoms with Crippen LogP contribution in [0, 0.1) is 11.6 Å². The Morgan fingerprint density at radius 1 is 1.30 bits per heavy atom. The number of benzene rings is 1. The summed E-state index contributed by atoms with van der Waals surface area (Å²) in [4.78, 5) is 24.9. The van der Waals surface area contributed by atoms with Gasteiger partial charge < -0.3 is 20.6 Å². The molecule has 3 N–H and O–H groups in total. The van der Waals surface area contributed by atoms with Gasteiger partial charge in [-0.1, -0.05) is 0 Å². The molecule has 0 unspecified atom stereocenters. The van der Waals surface area contributed by atoms with Crippen molar-refractivity contribution in [2.75, 3.05) is 32.5 Å². The molecular formula is C15H21F2N3O3. The fraction of sp³-hybridized carbons (Fsp3) is 0.467. The molecule has 6 nitrogen and oxygen atoms in total. The van der Waals surface area contributed by atoms with Crippen LogP contribution < -0.4 is 10.6 Å². The van der Waals surface area contributed by atoms with Crippen LogP contribution in [0.2, 0.25) is 0 Å². The van der Waals surface area contributed by atoms with Crippen LogP contribution in [0.15, 0.2) is 18.2 Å². The summed E-state index contributed by atoms with van der Waals surface area (Å²) in [5.74, 6) is -3.50. The maximum atomic E-state index is 13.4. The number of carbonyl (C=O) groups is 2. The van der Waals surface area contributed by atoms with E-state index in [1.54, 1.807) is 0 Å². The summed E-state index contributed by atoms with van der Waals surface area (Å²) >= 11 is 0. The van der Waals surface area contributed by atoms with Gasteiger partial charge in [-0.3, -0.25) is 9.59 Å². The van der Waals surface area contributed by atoms with Gasteiger partial charge in [0.2, 0.25) is 5.91 Å². The van der Waals surface area contributed by atoms with Crippen molar-refractivity contribution in [2.45, 2.75) is 18.9 Å². The molecule has 0 spiro atoms. The SMILES string of the molecule is CN(C)CCCN[C@H](CC(=O)Nc1ccc(F)cc1F)C(=O)O. The summed E-state index contributed by atoms with van der Waals surface area (Å²) in [7, 11) is 3.80. The highest BCUT2D eigenvalue weighted by molar-refractivity contribution is 5.94. The molecule has 0 bridgehead atoms. The molecule has 0 heterocycles. The Balaban J connectivity index is 2.52. The van der Waals surface area contributed by atoms with Gasteiger partial charge in [0, 0.05) is 6.07 Å². The van der Waals surface area contributed by atoms with Crippen LogP contribution >= 0.6 is 0 Å². The Labute approximate surface area is 133 Å². The molecule has 1 aromatic rings. The average Bonchev–Trinajstić information content (AvgIpc) is 2.44. The molecule has 0 aliphatic heterocycles. The molecule has 1 aromatic carbocycles. The van der Waals surface area contributed by atoms with Gasteiger partial charge in [-0.25, -0.2) is 8.78 Å². The van der Waals surface area contributed by atoms with Crippen LogP contribution in [-0.2, 0) is 9.59 Å². The van der Waals surface area contributed by atoms with Crippen molar-refractivity contribution >= 4 is 17.6 Å². The highest BCUT2D eigenvalue weighted by atomic mass is 19.1. The van der Waals surface area contributed by atoms with Crippen LogP contribution in [-0.4, -0.2) is 55.1 Å². The van der Waals surface area contributed by atoms with Crippen molar-refractivity contribution in [2.24, 2.45) is 0 Å². The number of rotatable bonds is 9. The molecule has 0 saturated heterocycles.